The first-order chi connectivity index (χ1) is 8.52. The summed E-state index contributed by atoms with van der Waals surface area (Å²) in [6, 6.07) is 10.8. The van der Waals surface area contributed by atoms with E-state index in [1.165, 1.54) is 11.1 Å². The summed E-state index contributed by atoms with van der Waals surface area (Å²) in [7, 11) is 0. The van der Waals surface area contributed by atoms with Crippen LogP contribution in [-0.2, 0) is 0 Å². The van der Waals surface area contributed by atoms with Gasteiger partial charge in [0.1, 0.15) is 5.84 Å². The fourth-order valence-corrected chi connectivity index (χ4v) is 2.25. The van der Waals surface area contributed by atoms with Gasteiger partial charge in [0.05, 0.1) is 6.04 Å². The fraction of sp³-hybridized carbons (Fsp3) is 0.438. The molecule has 1 atom stereocenters. The number of nitrogens with zero attached hydrogens (tertiary/aromatic N) is 1. The summed E-state index contributed by atoms with van der Waals surface area (Å²) in [5, 5.41) is 3.57. The van der Waals surface area contributed by atoms with E-state index in [4.69, 9.17) is 0 Å². The monoisotopic (exact) mass is 242 g/mol. The highest BCUT2D eigenvalue weighted by Crippen LogP contribution is 2.32. The third-order valence-electron chi connectivity index (χ3n) is 3.29. The Morgan fingerprint density at radius 1 is 1.17 bits per heavy atom. The molecule has 0 fully saturated rings. The number of hydrogen-bond donors (Lipinski definition) is 1. The second kappa shape index (κ2) is 4.97. The molecule has 0 radical (unpaired) electrons. The molecular weight excluding hydrogens is 220 g/mol. The summed E-state index contributed by atoms with van der Waals surface area (Å²) in [6.45, 7) is 8.92. The second-order valence-corrected chi connectivity index (χ2v) is 5.82. The van der Waals surface area contributed by atoms with Crippen LogP contribution in [-0.4, -0.2) is 11.9 Å². The smallest absolute Gasteiger partial charge is 0.102 e. The van der Waals surface area contributed by atoms with Crippen molar-refractivity contribution in [2.45, 2.75) is 40.2 Å². The molecule has 1 N–H and O–H groups in total. The molecular formula is C16H22N2. The zero-order valence-electron chi connectivity index (χ0n) is 11.7. The van der Waals surface area contributed by atoms with Crippen molar-refractivity contribution in [3.8, 4) is 0 Å². The summed E-state index contributed by atoms with van der Waals surface area (Å²) in [5.41, 5.74) is 2.70. The molecule has 96 valence electrons. The Morgan fingerprint density at radius 2 is 1.83 bits per heavy atom. The summed E-state index contributed by atoms with van der Waals surface area (Å²) in [6.07, 6.45) is 2.98. The molecule has 0 bridgehead atoms. The minimum atomic E-state index is 0.165. The van der Waals surface area contributed by atoms with Crippen molar-refractivity contribution in [2.24, 2.45) is 10.4 Å². The first-order valence-electron chi connectivity index (χ1n) is 6.61. The van der Waals surface area contributed by atoms with Crippen molar-refractivity contribution >= 4 is 11.4 Å². The number of amidine groups is 1. The quantitative estimate of drug-likeness (QED) is 0.837. The lowest BCUT2D eigenvalue weighted by Gasteiger charge is -2.36. The van der Waals surface area contributed by atoms with E-state index in [-0.39, 0.29) is 5.41 Å². The number of rotatable bonds is 2. The first kappa shape index (κ1) is 12.9. The van der Waals surface area contributed by atoms with Crippen LogP contribution in [0, 0.1) is 5.41 Å². The van der Waals surface area contributed by atoms with Crippen LogP contribution in [0.3, 0.4) is 0 Å². The predicted molar refractivity (Wildman–Crippen MR) is 78.5 cm³/mol. The van der Waals surface area contributed by atoms with Crippen molar-refractivity contribution < 1.29 is 0 Å². The van der Waals surface area contributed by atoms with Gasteiger partial charge in [-0.05, 0) is 11.0 Å². The summed E-state index contributed by atoms with van der Waals surface area (Å²) >= 11 is 0. The average Bonchev–Trinajstić information content (AvgIpc) is 2.38. The molecule has 2 heteroatoms. The summed E-state index contributed by atoms with van der Waals surface area (Å²) in [5.74, 6) is 1.08. The Labute approximate surface area is 110 Å². The van der Waals surface area contributed by atoms with E-state index in [1.807, 2.05) is 12.3 Å². The van der Waals surface area contributed by atoms with E-state index in [0.29, 0.717) is 6.04 Å². The van der Waals surface area contributed by atoms with E-state index >= 15 is 0 Å². The van der Waals surface area contributed by atoms with Crippen molar-refractivity contribution in [3.63, 3.8) is 0 Å². The van der Waals surface area contributed by atoms with Crippen LogP contribution < -0.4 is 5.32 Å². The molecule has 1 aromatic rings. The van der Waals surface area contributed by atoms with Gasteiger partial charge in [0, 0.05) is 18.2 Å². The minimum absolute atomic E-state index is 0.165. The predicted octanol–water partition coefficient (Wildman–Crippen LogP) is 3.85. The van der Waals surface area contributed by atoms with Crippen molar-refractivity contribution in [1.29, 1.82) is 0 Å². The second-order valence-electron chi connectivity index (χ2n) is 5.82. The summed E-state index contributed by atoms with van der Waals surface area (Å²) < 4.78 is 0. The van der Waals surface area contributed by atoms with Crippen LogP contribution in [0.15, 0.2) is 41.5 Å². The Balaban J connectivity index is 2.41. The highest BCUT2D eigenvalue weighted by atomic mass is 15.0. The largest absolute Gasteiger partial charge is 0.366 e. The van der Waals surface area contributed by atoms with Gasteiger partial charge >= 0.3 is 0 Å². The van der Waals surface area contributed by atoms with Gasteiger partial charge in [-0.2, -0.15) is 0 Å². The van der Waals surface area contributed by atoms with Crippen LogP contribution in [0.25, 0.3) is 5.57 Å². The molecule has 0 saturated heterocycles. The van der Waals surface area contributed by atoms with Gasteiger partial charge in [-0.3, -0.25) is 0 Å². The zero-order valence-corrected chi connectivity index (χ0v) is 11.7. The van der Waals surface area contributed by atoms with Gasteiger partial charge in [-0.15, -0.1) is 0 Å². The van der Waals surface area contributed by atoms with Crippen molar-refractivity contribution in [2.75, 3.05) is 0 Å². The molecule has 0 amide bonds. The van der Waals surface area contributed by atoms with E-state index in [2.05, 4.69) is 62.3 Å². The molecule has 18 heavy (non-hydrogen) atoms. The molecule has 1 heterocycles. The standard InChI is InChI=1S/C16H22N2/c1-5-14-17-11-13(12-9-7-6-8-10-12)15(18-14)16(2,3)4/h6-11,15H,5H2,1-4H3,(H,17,18). The normalized spacial score (nSPS) is 19.9. The lowest BCUT2D eigenvalue weighted by Crippen LogP contribution is -2.45. The van der Waals surface area contributed by atoms with E-state index in [1.54, 1.807) is 0 Å². The molecule has 2 nitrogen and oxygen atoms in total. The first-order valence-corrected chi connectivity index (χ1v) is 6.61. The SMILES string of the molecule is CCC1=NC=C(c2ccccc2)C(C(C)(C)C)N1. The molecule has 0 saturated carbocycles. The maximum absolute atomic E-state index is 4.51. The van der Waals surface area contributed by atoms with Gasteiger partial charge in [0.25, 0.3) is 0 Å². The molecule has 0 aromatic heterocycles. The molecule has 0 aliphatic carbocycles. The van der Waals surface area contributed by atoms with Crippen LogP contribution in [0.2, 0.25) is 0 Å². The zero-order chi connectivity index (χ0) is 13.2. The molecule has 1 aliphatic rings. The number of benzene rings is 1. The maximum atomic E-state index is 4.51. The lowest BCUT2D eigenvalue weighted by molar-refractivity contribution is 0.348. The molecule has 1 unspecified atom stereocenters. The van der Waals surface area contributed by atoms with Gasteiger partial charge < -0.3 is 5.32 Å². The highest BCUT2D eigenvalue weighted by Gasteiger charge is 2.31. The van der Waals surface area contributed by atoms with Gasteiger partial charge in [-0.1, -0.05) is 58.0 Å². The van der Waals surface area contributed by atoms with Gasteiger partial charge in [0.15, 0.2) is 0 Å². The number of hydrogen-bond acceptors (Lipinski definition) is 2. The third kappa shape index (κ3) is 2.63. The fourth-order valence-electron chi connectivity index (χ4n) is 2.25. The molecule has 0 spiro atoms. The minimum Gasteiger partial charge on any atom is -0.366 e. The highest BCUT2D eigenvalue weighted by molar-refractivity contribution is 5.89. The van der Waals surface area contributed by atoms with Crippen molar-refractivity contribution in [1.82, 2.24) is 5.32 Å². The van der Waals surface area contributed by atoms with Gasteiger partial charge in [-0.25, -0.2) is 4.99 Å². The Hall–Kier alpha value is -1.57. The lowest BCUT2D eigenvalue weighted by atomic mass is 9.79. The molecule has 1 aliphatic heterocycles. The molecule has 1 aromatic carbocycles. The van der Waals surface area contributed by atoms with Crippen LogP contribution in [0.4, 0.5) is 0 Å². The van der Waals surface area contributed by atoms with Crippen molar-refractivity contribution in [3.05, 3.63) is 42.1 Å². The van der Waals surface area contributed by atoms with Crippen LogP contribution in [0.5, 0.6) is 0 Å². The maximum Gasteiger partial charge on any atom is 0.102 e. The van der Waals surface area contributed by atoms with Crippen LogP contribution >= 0.6 is 0 Å². The van der Waals surface area contributed by atoms with Crippen LogP contribution in [0.1, 0.15) is 39.7 Å². The topological polar surface area (TPSA) is 24.4 Å². The summed E-state index contributed by atoms with van der Waals surface area (Å²) in [4.78, 5) is 4.51. The van der Waals surface area contributed by atoms with E-state index in [9.17, 15) is 0 Å². The van der Waals surface area contributed by atoms with Gasteiger partial charge in [0.2, 0.25) is 0 Å². The van der Waals surface area contributed by atoms with E-state index < -0.39 is 0 Å². The molecule has 2 rings (SSSR count). The Kier molecular flexibility index (Phi) is 3.55. The Bertz CT molecular complexity index is 464. The van der Waals surface area contributed by atoms with E-state index in [0.717, 1.165) is 12.3 Å². The average molecular weight is 242 g/mol. The number of aliphatic imine (C=N–C) groups is 1. The third-order valence-corrected chi connectivity index (χ3v) is 3.29. The Morgan fingerprint density at radius 3 is 2.39 bits per heavy atom. The number of nitrogens with one attached hydrogen (secondary N) is 1.